The van der Waals surface area contributed by atoms with Crippen molar-refractivity contribution in [3.63, 3.8) is 0 Å². The first-order valence-electron chi connectivity index (χ1n) is 9.93. The summed E-state index contributed by atoms with van der Waals surface area (Å²) in [5, 5.41) is 8.32. The first kappa shape index (κ1) is 24.5. The summed E-state index contributed by atoms with van der Waals surface area (Å²) in [6.07, 6.45) is 2.08. The van der Waals surface area contributed by atoms with Gasteiger partial charge in [-0.3, -0.25) is 14.4 Å². The number of benzene rings is 1. The fraction of sp³-hybridized carbons (Fsp3) is 0.550. The molecule has 0 aliphatic rings. The van der Waals surface area contributed by atoms with E-state index in [1.807, 2.05) is 19.0 Å². The van der Waals surface area contributed by atoms with Crippen LogP contribution in [0.5, 0.6) is 0 Å². The highest BCUT2D eigenvalue weighted by atomic mass is 16.2. The van der Waals surface area contributed by atoms with Gasteiger partial charge in [0.15, 0.2) is 0 Å². The van der Waals surface area contributed by atoms with Crippen molar-refractivity contribution in [3.05, 3.63) is 34.9 Å². The van der Waals surface area contributed by atoms with Crippen LogP contribution in [-0.2, 0) is 0 Å². The van der Waals surface area contributed by atoms with E-state index in [2.05, 4.69) is 16.0 Å². The molecule has 29 heavy (non-hydrogen) atoms. The molecule has 1 aromatic rings. The van der Waals surface area contributed by atoms with Gasteiger partial charge in [0.25, 0.3) is 17.7 Å². The molecule has 0 bridgehead atoms. The van der Waals surface area contributed by atoms with E-state index in [1.165, 1.54) is 18.2 Å². The van der Waals surface area contributed by atoms with Gasteiger partial charge in [-0.2, -0.15) is 0 Å². The van der Waals surface area contributed by atoms with E-state index in [9.17, 15) is 14.4 Å². The molecule has 0 aromatic heterocycles. The highest BCUT2D eigenvalue weighted by Crippen LogP contribution is 2.12. The van der Waals surface area contributed by atoms with Crippen LogP contribution in [0.25, 0.3) is 0 Å². The van der Waals surface area contributed by atoms with Crippen molar-refractivity contribution in [1.29, 1.82) is 0 Å². The fourth-order valence-corrected chi connectivity index (χ4v) is 2.53. The van der Waals surface area contributed by atoms with Crippen molar-refractivity contribution in [1.82, 2.24) is 20.9 Å². The van der Waals surface area contributed by atoms with E-state index in [0.29, 0.717) is 45.6 Å². The Balaban J connectivity index is 2.95. The molecule has 0 unspecified atom stereocenters. The molecule has 0 radical (unpaired) electrons. The summed E-state index contributed by atoms with van der Waals surface area (Å²) in [5.41, 5.74) is 11.7. The second-order valence-electron chi connectivity index (χ2n) is 7.01. The molecule has 0 spiro atoms. The molecule has 0 fully saturated rings. The van der Waals surface area contributed by atoms with Crippen LogP contribution in [0.2, 0.25) is 0 Å². The van der Waals surface area contributed by atoms with Crippen LogP contribution >= 0.6 is 0 Å². The van der Waals surface area contributed by atoms with Crippen LogP contribution < -0.4 is 27.4 Å². The first-order chi connectivity index (χ1) is 13.9. The molecule has 0 saturated heterocycles. The van der Waals surface area contributed by atoms with Crippen molar-refractivity contribution in [2.24, 2.45) is 11.5 Å². The molecule has 7 N–H and O–H groups in total. The Morgan fingerprint density at radius 3 is 1.38 bits per heavy atom. The van der Waals surface area contributed by atoms with Gasteiger partial charge in [0, 0.05) is 36.3 Å². The third kappa shape index (κ3) is 9.51. The molecule has 1 aromatic carbocycles. The molecule has 162 valence electrons. The Labute approximate surface area is 172 Å². The number of carbonyl (C=O) groups is 3. The number of nitrogens with two attached hydrogens (primary N) is 2. The summed E-state index contributed by atoms with van der Waals surface area (Å²) in [7, 11) is 3.92. The average molecular weight is 407 g/mol. The molecule has 0 heterocycles. The number of nitrogens with one attached hydrogen (secondary N) is 3. The molecule has 0 saturated carbocycles. The minimum atomic E-state index is -0.350. The van der Waals surface area contributed by atoms with Crippen molar-refractivity contribution < 1.29 is 14.4 Å². The van der Waals surface area contributed by atoms with Crippen molar-refractivity contribution >= 4 is 17.7 Å². The maximum atomic E-state index is 12.5. The Kier molecular flexibility index (Phi) is 11.6. The van der Waals surface area contributed by atoms with E-state index < -0.39 is 0 Å². The predicted octanol–water partition coefficient (Wildman–Crippen LogP) is -0.475. The van der Waals surface area contributed by atoms with Gasteiger partial charge < -0.3 is 32.3 Å². The van der Waals surface area contributed by atoms with E-state index in [-0.39, 0.29) is 34.4 Å². The lowest BCUT2D eigenvalue weighted by Gasteiger charge is -2.12. The van der Waals surface area contributed by atoms with E-state index in [0.717, 1.165) is 13.0 Å². The van der Waals surface area contributed by atoms with Crippen LogP contribution in [0.1, 0.15) is 50.3 Å². The molecule has 9 nitrogen and oxygen atoms in total. The SMILES string of the molecule is CN(C)CCCNC(=O)c1cc(C(=O)NCCCN)cc(C(=O)NCCCN)c1. The second kappa shape index (κ2) is 13.6. The highest BCUT2D eigenvalue weighted by Gasteiger charge is 2.16. The smallest absolute Gasteiger partial charge is 0.251 e. The lowest BCUT2D eigenvalue weighted by molar-refractivity contribution is 0.0952. The van der Waals surface area contributed by atoms with Crippen molar-refractivity contribution in [2.45, 2.75) is 19.3 Å². The second-order valence-corrected chi connectivity index (χ2v) is 7.01. The van der Waals surface area contributed by atoms with Crippen LogP contribution in [0.4, 0.5) is 0 Å². The Morgan fingerprint density at radius 2 is 1.07 bits per heavy atom. The van der Waals surface area contributed by atoms with Gasteiger partial charge in [0.05, 0.1) is 0 Å². The van der Waals surface area contributed by atoms with Gasteiger partial charge in [-0.1, -0.05) is 0 Å². The van der Waals surface area contributed by atoms with E-state index >= 15 is 0 Å². The van der Waals surface area contributed by atoms with E-state index in [4.69, 9.17) is 11.5 Å². The zero-order valence-corrected chi connectivity index (χ0v) is 17.4. The number of amides is 3. The zero-order chi connectivity index (χ0) is 21.6. The molecular weight excluding hydrogens is 372 g/mol. The molecule has 3 amide bonds. The third-order valence-corrected chi connectivity index (χ3v) is 4.12. The van der Waals surface area contributed by atoms with Crippen LogP contribution in [0.3, 0.4) is 0 Å². The lowest BCUT2D eigenvalue weighted by Crippen LogP contribution is -2.30. The van der Waals surface area contributed by atoms with Gasteiger partial charge in [-0.25, -0.2) is 0 Å². The topological polar surface area (TPSA) is 143 Å². The Hall–Kier alpha value is -2.49. The molecule has 0 atom stereocenters. The third-order valence-electron chi connectivity index (χ3n) is 4.12. The van der Waals surface area contributed by atoms with E-state index in [1.54, 1.807) is 0 Å². The lowest BCUT2D eigenvalue weighted by atomic mass is 10.0. The number of nitrogens with zero attached hydrogens (tertiary/aromatic N) is 1. The summed E-state index contributed by atoms with van der Waals surface area (Å²) in [5.74, 6) is -1.02. The maximum Gasteiger partial charge on any atom is 0.251 e. The molecular formula is C20H34N6O3. The summed E-state index contributed by atoms with van der Waals surface area (Å²) in [4.78, 5) is 39.4. The molecule has 1 rings (SSSR count). The van der Waals surface area contributed by atoms with Crippen LogP contribution in [0, 0.1) is 0 Å². The summed E-state index contributed by atoms with van der Waals surface area (Å²) >= 11 is 0. The van der Waals surface area contributed by atoms with Gasteiger partial charge in [-0.15, -0.1) is 0 Å². The van der Waals surface area contributed by atoms with Gasteiger partial charge in [0.2, 0.25) is 0 Å². The number of rotatable bonds is 13. The quantitative estimate of drug-likeness (QED) is 0.280. The predicted molar refractivity (Wildman–Crippen MR) is 114 cm³/mol. The van der Waals surface area contributed by atoms with Crippen LogP contribution in [-0.4, -0.2) is 76.0 Å². The number of hydrogen-bond acceptors (Lipinski definition) is 6. The summed E-state index contributed by atoms with van der Waals surface area (Å²) in [6.45, 7) is 3.12. The minimum absolute atomic E-state index is 0.256. The van der Waals surface area contributed by atoms with Gasteiger partial charge in [0.1, 0.15) is 0 Å². The van der Waals surface area contributed by atoms with Crippen molar-refractivity contribution in [2.75, 3.05) is 53.4 Å². The largest absolute Gasteiger partial charge is 0.352 e. The number of carbonyl (C=O) groups excluding carboxylic acids is 3. The normalized spacial score (nSPS) is 10.7. The maximum absolute atomic E-state index is 12.5. The van der Waals surface area contributed by atoms with Crippen LogP contribution in [0.15, 0.2) is 18.2 Å². The molecule has 9 heteroatoms. The molecule has 0 aliphatic heterocycles. The Morgan fingerprint density at radius 1 is 0.724 bits per heavy atom. The summed E-state index contributed by atoms with van der Waals surface area (Å²) < 4.78 is 0. The Bertz CT molecular complexity index is 638. The molecule has 0 aliphatic carbocycles. The standard InChI is InChI=1S/C20H34N6O3/c1-26(2)11-5-10-25-20(29)17-13-15(18(27)23-8-3-6-21)12-16(14-17)19(28)24-9-4-7-22/h12-14H,3-11,21-22H2,1-2H3,(H,23,27)(H,24,28)(H,25,29). The van der Waals surface area contributed by atoms with Gasteiger partial charge in [-0.05, 0) is 71.2 Å². The number of hydrogen-bond donors (Lipinski definition) is 5. The monoisotopic (exact) mass is 406 g/mol. The zero-order valence-electron chi connectivity index (χ0n) is 17.4. The summed E-state index contributed by atoms with van der Waals surface area (Å²) in [6, 6.07) is 4.48. The first-order valence-corrected chi connectivity index (χ1v) is 9.93. The van der Waals surface area contributed by atoms with Gasteiger partial charge >= 0.3 is 0 Å². The fourth-order valence-electron chi connectivity index (χ4n) is 2.53. The highest BCUT2D eigenvalue weighted by molar-refractivity contribution is 6.04. The van der Waals surface area contributed by atoms with Crippen molar-refractivity contribution in [3.8, 4) is 0 Å². The average Bonchev–Trinajstić information content (AvgIpc) is 2.70. The minimum Gasteiger partial charge on any atom is -0.352 e.